The van der Waals surface area contributed by atoms with E-state index in [0.29, 0.717) is 12.0 Å². The standard InChI is InChI=1S/C19H27NO2/c1-13(2)17-9-4-14(3)10-18(17)22-12-19(21)20(16-7-8-16)11-15-5-6-15/h4,9-10,13,15-16H,5-8,11-12H2,1-3H3. The van der Waals surface area contributed by atoms with Crippen LogP contribution in [-0.4, -0.2) is 30.0 Å². The number of rotatable bonds is 7. The lowest BCUT2D eigenvalue weighted by molar-refractivity contribution is -0.134. The molecule has 0 unspecified atom stereocenters. The van der Waals surface area contributed by atoms with Crippen molar-refractivity contribution < 1.29 is 9.53 Å². The van der Waals surface area contributed by atoms with Crippen molar-refractivity contribution in [1.29, 1.82) is 0 Å². The molecular weight excluding hydrogens is 274 g/mol. The molecule has 2 aliphatic carbocycles. The third-order valence-electron chi connectivity index (χ3n) is 4.60. The molecule has 0 bridgehead atoms. The Kier molecular flexibility index (Phi) is 4.42. The number of carbonyl (C=O) groups excluding carboxylic acids is 1. The highest BCUT2D eigenvalue weighted by molar-refractivity contribution is 5.78. The van der Waals surface area contributed by atoms with Gasteiger partial charge in [-0.15, -0.1) is 0 Å². The van der Waals surface area contributed by atoms with Crippen LogP contribution in [0.4, 0.5) is 0 Å². The van der Waals surface area contributed by atoms with Crippen LogP contribution in [0.3, 0.4) is 0 Å². The van der Waals surface area contributed by atoms with Gasteiger partial charge >= 0.3 is 0 Å². The number of hydrogen-bond acceptors (Lipinski definition) is 2. The van der Waals surface area contributed by atoms with Gasteiger partial charge < -0.3 is 9.64 Å². The first-order valence-corrected chi connectivity index (χ1v) is 8.57. The number of benzene rings is 1. The summed E-state index contributed by atoms with van der Waals surface area (Å²) >= 11 is 0. The van der Waals surface area contributed by atoms with Crippen LogP contribution in [-0.2, 0) is 4.79 Å². The Morgan fingerprint density at radius 3 is 2.59 bits per heavy atom. The summed E-state index contributed by atoms with van der Waals surface area (Å²) in [6, 6.07) is 6.75. The highest BCUT2D eigenvalue weighted by atomic mass is 16.5. The van der Waals surface area contributed by atoms with Gasteiger partial charge in [0.05, 0.1) is 0 Å². The van der Waals surface area contributed by atoms with Crippen LogP contribution in [0.15, 0.2) is 18.2 Å². The molecule has 3 rings (SSSR count). The van der Waals surface area contributed by atoms with E-state index in [9.17, 15) is 4.79 Å². The molecule has 3 nitrogen and oxygen atoms in total. The van der Waals surface area contributed by atoms with Gasteiger partial charge in [-0.2, -0.15) is 0 Å². The molecule has 1 aromatic rings. The maximum absolute atomic E-state index is 12.5. The highest BCUT2D eigenvalue weighted by Crippen LogP contribution is 2.35. The molecule has 2 aliphatic rings. The van der Waals surface area contributed by atoms with Gasteiger partial charge in [-0.05, 0) is 61.6 Å². The van der Waals surface area contributed by atoms with E-state index in [-0.39, 0.29) is 12.5 Å². The van der Waals surface area contributed by atoms with Gasteiger partial charge in [0, 0.05) is 12.6 Å². The molecule has 0 spiro atoms. The number of aryl methyl sites for hydroxylation is 1. The van der Waals surface area contributed by atoms with Crippen molar-refractivity contribution in [3.63, 3.8) is 0 Å². The molecule has 0 saturated heterocycles. The molecule has 0 radical (unpaired) electrons. The third-order valence-corrected chi connectivity index (χ3v) is 4.60. The van der Waals surface area contributed by atoms with Gasteiger partial charge in [-0.1, -0.05) is 26.0 Å². The minimum atomic E-state index is 0.158. The van der Waals surface area contributed by atoms with Gasteiger partial charge in [0.2, 0.25) is 0 Å². The van der Waals surface area contributed by atoms with Crippen molar-refractivity contribution in [2.24, 2.45) is 5.92 Å². The quantitative estimate of drug-likeness (QED) is 0.764. The van der Waals surface area contributed by atoms with Crippen LogP contribution >= 0.6 is 0 Å². The minimum absolute atomic E-state index is 0.158. The van der Waals surface area contributed by atoms with Gasteiger partial charge in [0.1, 0.15) is 5.75 Å². The Morgan fingerprint density at radius 2 is 2.00 bits per heavy atom. The number of amides is 1. The zero-order valence-corrected chi connectivity index (χ0v) is 14.0. The maximum Gasteiger partial charge on any atom is 0.260 e. The average molecular weight is 301 g/mol. The fraction of sp³-hybridized carbons (Fsp3) is 0.632. The van der Waals surface area contributed by atoms with E-state index in [2.05, 4.69) is 37.8 Å². The first-order chi connectivity index (χ1) is 10.5. The van der Waals surface area contributed by atoms with Crippen molar-refractivity contribution in [2.45, 2.75) is 58.4 Å². The average Bonchev–Trinajstić information content (AvgIpc) is 3.35. The minimum Gasteiger partial charge on any atom is -0.483 e. The number of carbonyl (C=O) groups is 1. The molecule has 0 N–H and O–H groups in total. The van der Waals surface area contributed by atoms with E-state index in [0.717, 1.165) is 18.2 Å². The highest BCUT2D eigenvalue weighted by Gasteiger charge is 2.36. The second-order valence-corrected chi connectivity index (χ2v) is 7.21. The predicted molar refractivity (Wildman–Crippen MR) is 88.2 cm³/mol. The maximum atomic E-state index is 12.5. The molecule has 3 heteroatoms. The summed E-state index contributed by atoms with van der Waals surface area (Å²) in [6.45, 7) is 7.48. The monoisotopic (exact) mass is 301 g/mol. The molecule has 0 aliphatic heterocycles. The number of nitrogens with zero attached hydrogens (tertiary/aromatic N) is 1. The molecular formula is C19H27NO2. The summed E-state index contributed by atoms with van der Waals surface area (Å²) in [7, 11) is 0. The smallest absolute Gasteiger partial charge is 0.260 e. The van der Waals surface area contributed by atoms with Gasteiger partial charge in [-0.25, -0.2) is 0 Å². The van der Waals surface area contributed by atoms with Gasteiger partial charge in [-0.3, -0.25) is 4.79 Å². The van der Waals surface area contributed by atoms with Crippen molar-refractivity contribution in [2.75, 3.05) is 13.2 Å². The number of ether oxygens (including phenoxy) is 1. The molecule has 0 heterocycles. The fourth-order valence-corrected chi connectivity index (χ4v) is 2.89. The molecule has 120 valence electrons. The van der Waals surface area contributed by atoms with Gasteiger partial charge in [0.15, 0.2) is 6.61 Å². The summed E-state index contributed by atoms with van der Waals surface area (Å²) in [5, 5.41) is 0. The van der Waals surface area contributed by atoms with Crippen molar-refractivity contribution in [3.05, 3.63) is 29.3 Å². The first-order valence-electron chi connectivity index (χ1n) is 8.57. The zero-order chi connectivity index (χ0) is 15.7. The van der Waals surface area contributed by atoms with Crippen molar-refractivity contribution >= 4 is 5.91 Å². The van der Waals surface area contributed by atoms with Crippen molar-refractivity contribution in [3.8, 4) is 5.75 Å². The molecule has 0 atom stereocenters. The summed E-state index contributed by atoms with van der Waals surface area (Å²) in [6.07, 6.45) is 4.90. The second-order valence-electron chi connectivity index (χ2n) is 7.21. The summed E-state index contributed by atoms with van der Waals surface area (Å²) in [4.78, 5) is 14.6. The lowest BCUT2D eigenvalue weighted by atomic mass is 10.0. The Morgan fingerprint density at radius 1 is 1.27 bits per heavy atom. The van der Waals surface area contributed by atoms with E-state index in [1.54, 1.807) is 0 Å². The Hall–Kier alpha value is -1.51. The molecule has 2 saturated carbocycles. The summed E-state index contributed by atoms with van der Waals surface area (Å²) < 4.78 is 5.91. The topological polar surface area (TPSA) is 29.5 Å². The van der Waals surface area contributed by atoms with Crippen LogP contribution in [0.25, 0.3) is 0 Å². The molecule has 1 amide bonds. The van der Waals surface area contributed by atoms with E-state index in [1.165, 1.54) is 36.8 Å². The molecule has 1 aromatic carbocycles. The first kappa shape index (κ1) is 15.4. The Labute approximate surface area is 133 Å². The predicted octanol–water partition coefficient (Wildman–Crippen LogP) is 3.90. The van der Waals surface area contributed by atoms with Crippen molar-refractivity contribution in [1.82, 2.24) is 4.90 Å². The third kappa shape index (κ3) is 3.82. The molecule has 0 aromatic heterocycles. The normalized spacial score (nSPS) is 17.6. The molecule has 22 heavy (non-hydrogen) atoms. The second kappa shape index (κ2) is 6.31. The Balaban J connectivity index is 1.63. The largest absolute Gasteiger partial charge is 0.483 e. The van der Waals surface area contributed by atoms with Crippen LogP contribution in [0.5, 0.6) is 5.75 Å². The Bertz CT molecular complexity index is 544. The van der Waals surface area contributed by atoms with Crippen LogP contribution in [0.1, 0.15) is 56.6 Å². The van der Waals surface area contributed by atoms with E-state index in [1.807, 2.05) is 6.07 Å². The van der Waals surface area contributed by atoms with E-state index < -0.39 is 0 Å². The van der Waals surface area contributed by atoms with E-state index in [4.69, 9.17) is 4.74 Å². The zero-order valence-electron chi connectivity index (χ0n) is 14.0. The lowest BCUT2D eigenvalue weighted by Crippen LogP contribution is -2.38. The van der Waals surface area contributed by atoms with Crippen LogP contribution in [0.2, 0.25) is 0 Å². The fourth-order valence-electron chi connectivity index (χ4n) is 2.89. The van der Waals surface area contributed by atoms with E-state index >= 15 is 0 Å². The summed E-state index contributed by atoms with van der Waals surface area (Å²) in [5.41, 5.74) is 2.35. The lowest BCUT2D eigenvalue weighted by Gasteiger charge is -2.23. The van der Waals surface area contributed by atoms with Crippen LogP contribution in [0, 0.1) is 12.8 Å². The molecule has 2 fully saturated rings. The number of hydrogen-bond donors (Lipinski definition) is 0. The summed E-state index contributed by atoms with van der Waals surface area (Å²) in [5.74, 6) is 2.17. The van der Waals surface area contributed by atoms with Crippen LogP contribution < -0.4 is 4.74 Å². The van der Waals surface area contributed by atoms with Gasteiger partial charge in [0.25, 0.3) is 5.91 Å². The SMILES string of the molecule is Cc1ccc(C(C)C)c(OCC(=O)N(CC2CC2)C2CC2)c1.